The smallest absolute Gasteiger partial charge is 0.0784 e. The fourth-order valence-corrected chi connectivity index (χ4v) is 8.50. The Balaban J connectivity index is 1.54. The van der Waals surface area contributed by atoms with Gasteiger partial charge in [-0.05, 0) is 80.9 Å². The van der Waals surface area contributed by atoms with Crippen LogP contribution in [0, 0.1) is 0 Å². The molecule has 0 unspecified atom stereocenters. The Hall–Kier alpha value is -4.18. The second kappa shape index (κ2) is 12.8. The Morgan fingerprint density at radius 2 is 1.00 bits per heavy atom. The Labute approximate surface area is 268 Å². The molecule has 0 aliphatic carbocycles. The van der Waals surface area contributed by atoms with Gasteiger partial charge in [-0.3, -0.25) is 4.98 Å². The minimum absolute atomic E-state index is 0.501. The van der Waals surface area contributed by atoms with Gasteiger partial charge < -0.3 is 0 Å². The first kappa shape index (κ1) is 29.9. The summed E-state index contributed by atoms with van der Waals surface area (Å²) < 4.78 is 0. The number of nitrogens with zero attached hydrogens (tertiary/aromatic N) is 1. The molecular weight excluding hydrogens is 567 g/mol. The highest BCUT2D eigenvalue weighted by molar-refractivity contribution is 8.00. The van der Waals surface area contributed by atoms with Crippen LogP contribution in [-0.4, -0.2) is 18.3 Å². The van der Waals surface area contributed by atoms with Gasteiger partial charge in [0.05, 0.1) is 13.8 Å². The Morgan fingerprint density at radius 1 is 0.500 bits per heavy atom. The van der Waals surface area contributed by atoms with Gasteiger partial charge in [0.2, 0.25) is 0 Å². The van der Waals surface area contributed by atoms with Gasteiger partial charge in [0.25, 0.3) is 0 Å². The predicted molar refractivity (Wildman–Crippen MR) is 195 cm³/mol. The zero-order chi connectivity index (χ0) is 30.7. The highest BCUT2D eigenvalue weighted by Gasteiger charge is 2.22. The zero-order valence-corrected chi connectivity index (χ0v) is 28.0. The molecule has 6 aromatic rings. The van der Waals surface area contributed by atoms with Crippen molar-refractivity contribution in [3.63, 3.8) is 0 Å². The molecule has 1 aromatic heterocycles. The molecule has 0 fully saturated rings. The van der Waals surface area contributed by atoms with E-state index < -0.39 is 8.07 Å². The molecule has 0 N–H and O–H groups in total. The van der Waals surface area contributed by atoms with E-state index in [4.69, 9.17) is 0 Å². The van der Waals surface area contributed by atoms with Crippen molar-refractivity contribution >= 4 is 25.0 Å². The number of benzene rings is 5. The lowest BCUT2D eigenvalue weighted by Crippen LogP contribution is -2.38. The van der Waals surface area contributed by atoms with Crippen molar-refractivity contribution < 1.29 is 0 Å². The van der Waals surface area contributed by atoms with Crippen LogP contribution >= 0.6 is 11.8 Å². The van der Waals surface area contributed by atoms with Crippen LogP contribution in [0.1, 0.15) is 13.8 Å². The summed E-state index contributed by atoms with van der Waals surface area (Å²) in [5.74, 6) is 0. The van der Waals surface area contributed by atoms with Crippen molar-refractivity contribution in [2.45, 2.75) is 43.6 Å². The van der Waals surface area contributed by atoms with Crippen molar-refractivity contribution in [2.75, 3.05) is 0 Å². The molecule has 0 aliphatic rings. The SMILES string of the molecule is CC(C)Sc1ccccc1-c1cc(-c2ccccc2-c2ccc(-c3ccccn3)cc2)cc(-c2ccccc2[Si](C)(C)C)c1. The van der Waals surface area contributed by atoms with Gasteiger partial charge in [-0.15, -0.1) is 11.8 Å². The quantitative estimate of drug-likeness (QED) is 0.126. The summed E-state index contributed by atoms with van der Waals surface area (Å²) in [5, 5.41) is 1.99. The monoisotopic (exact) mass is 605 g/mol. The fourth-order valence-electron chi connectivity index (χ4n) is 5.89. The summed E-state index contributed by atoms with van der Waals surface area (Å²) in [7, 11) is -1.59. The highest BCUT2D eigenvalue weighted by atomic mass is 32.2. The number of rotatable bonds is 8. The third-order valence-corrected chi connectivity index (χ3v) is 11.1. The van der Waals surface area contributed by atoms with E-state index >= 15 is 0 Å². The second-order valence-electron chi connectivity index (χ2n) is 12.6. The van der Waals surface area contributed by atoms with Gasteiger partial charge >= 0.3 is 0 Å². The number of pyridine rings is 1. The molecule has 0 amide bonds. The molecule has 0 atom stereocenters. The normalized spacial score (nSPS) is 11.6. The molecule has 0 radical (unpaired) electrons. The Bertz CT molecular complexity index is 1890. The third kappa shape index (κ3) is 6.50. The summed E-state index contributed by atoms with van der Waals surface area (Å²) in [5.41, 5.74) is 12.2. The molecule has 218 valence electrons. The molecule has 0 saturated carbocycles. The van der Waals surface area contributed by atoms with E-state index in [2.05, 4.69) is 160 Å². The van der Waals surface area contributed by atoms with Crippen LogP contribution in [0.5, 0.6) is 0 Å². The summed E-state index contributed by atoms with van der Waals surface area (Å²) in [6.45, 7) is 11.9. The molecule has 44 heavy (non-hydrogen) atoms. The van der Waals surface area contributed by atoms with Crippen LogP contribution < -0.4 is 5.19 Å². The summed E-state index contributed by atoms with van der Waals surface area (Å²) in [6.07, 6.45) is 1.85. The Morgan fingerprint density at radius 3 is 1.61 bits per heavy atom. The first-order valence-corrected chi connectivity index (χ1v) is 19.8. The van der Waals surface area contributed by atoms with Crippen molar-refractivity contribution in [3.8, 4) is 55.8 Å². The van der Waals surface area contributed by atoms with Gasteiger partial charge in [-0.25, -0.2) is 0 Å². The van der Waals surface area contributed by atoms with E-state index in [1.807, 2.05) is 30.1 Å². The summed E-state index contributed by atoms with van der Waals surface area (Å²) in [4.78, 5) is 5.87. The van der Waals surface area contributed by atoms with E-state index in [0.717, 1.165) is 11.3 Å². The van der Waals surface area contributed by atoms with Crippen molar-refractivity contribution in [2.24, 2.45) is 0 Å². The van der Waals surface area contributed by atoms with Gasteiger partial charge in [-0.2, -0.15) is 0 Å². The first-order chi connectivity index (χ1) is 21.3. The van der Waals surface area contributed by atoms with Gasteiger partial charge in [0.15, 0.2) is 0 Å². The molecule has 3 heteroatoms. The molecule has 0 saturated heterocycles. The second-order valence-corrected chi connectivity index (χ2v) is 19.3. The van der Waals surface area contributed by atoms with Crippen LogP contribution in [0.15, 0.2) is 145 Å². The molecule has 0 bridgehead atoms. The molecule has 1 nitrogen and oxygen atoms in total. The number of thioether (sulfide) groups is 1. The van der Waals surface area contributed by atoms with Crippen LogP contribution in [0.25, 0.3) is 55.8 Å². The van der Waals surface area contributed by atoms with E-state index in [1.54, 1.807) is 0 Å². The molecule has 0 spiro atoms. The number of hydrogen-bond donors (Lipinski definition) is 0. The summed E-state index contributed by atoms with van der Waals surface area (Å²) in [6, 6.07) is 48.8. The number of hydrogen-bond acceptors (Lipinski definition) is 2. The van der Waals surface area contributed by atoms with E-state index in [1.165, 1.54) is 54.6 Å². The summed E-state index contributed by atoms with van der Waals surface area (Å²) >= 11 is 1.93. The van der Waals surface area contributed by atoms with Gasteiger partial charge in [0.1, 0.15) is 0 Å². The maximum absolute atomic E-state index is 4.54. The average molecular weight is 606 g/mol. The first-order valence-electron chi connectivity index (χ1n) is 15.4. The average Bonchev–Trinajstić information content (AvgIpc) is 3.05. The largest absolute Gasteiger partial charge is 0.256 e. The van der Waals surface area contributed by atoms with Crippen LogP contribution in [0.2, 0.25) is 19.6 Å². The lowest BCUT2D eigenvalue weighted by Gasteiger charge is -2.22. The minimum Gasteiger partial charge on any atom is -0.256 e. The van der Waals surface area contributed by atoms with Crippen molar-refractivity contribution in [3.05, 3.63) is 140 Å². The highest BCUT2D eigenvalue weighted by Crippen LogP contribution is 2.40. The third-order valence-electron chi connectivity index (χ3n) is 7.93. The lowest BCUT2D eigenvalue weighted by atomic mass is 9.89. The predicted octanol–water partition coefficient (Wildman–Crippen LogP) is 11.5. The van der Waals surface area contributed by atoms with E-state index in [0.29, 0.717) is 5.25 Å². The van der Waals surface area contributed by atoms with Gasteiger partial charge in [0, 0.05) is 21.9 Å². The van der Waals surface area contributed by atoms with Crippen LogP contribution in [-0.2, 0) is 0 Å². The van der Waals surface area contributed by atoms with Crippen LogP contribution in [0.3, 0.4) is 0 Å². The van der Waals surface area contributed by atoms with Gasteiger partial charge in [-0.1, -0.05) is 136 Å². The maximum atomic E-state index is 4.54. The fraction of sp³-hybridized carbons (Fsp3) is 0.146. The standard InChI is InChI=1S/C41H39NSSi/c1-29(2)43-40-19-10-8-16-37(40)33-26-32(27-34(28-33)38-17-9-11-20-41(38)44(3,4)5)36-15-7-6-14-35(36)30-21-23-31(24-22-30)39-18-12-13-25-42-39/h6-29H,1-5H3. The zero-order valence-electron chi connectivity index (χ0n) is 26.2. The van der Waals surface area contributed by atoms with Crippen molar-refractivity contribution in [1.82, 2.24) is 4.98 Å². The van der Waals surface area contributed by atoms with Crippen LogP contribution in [0.4, 0.5) is 0 Å². The molecule has 6 rings (SSSR count). The minimum atomic E-state index is -1.59. The molecule has 5 aromatic carbocycles. The lowest BCUT2D eigenvalue weighted by molar-refractivity contribution is 1.11. The Kier molecular flexibility index (Phi) is 8.70. The number of aromatic nitrogens is 1. The molecular formula is C41H39NSSi. The molecule has 0 aliphatic heterocycles. The van der Waals surface area contributed by atoms with E-state index in [9.17, 15) is 0 Å². The van der Waals surface area contributed by atoms with E-state index in [-0.39, 0.29) is 0 Å². The topological polar surface area (TPSA) is 12.9 Å². The molecule has 1 heterocycles. The maximum Gasteiger partial charge on any atom is 0.0784 e. The van der Waals surface area contributed by atoms with Crippen molar-refractivity contribution in [1.29, 1.82) is 0 Å².